The first-order chi connectivity index (χ1) is 7.45. The molecule has 0 atom stereocenters. The lowest BCUT2D eigenvalue weighted by atomic mass is 9.94. The van der Waals surface area contributed by atoms with Crippen molar-refractivity contribution >= 4 is 17.1 Å². The first kappa shape index (κ1) is 12.7. The van der Waals surface area contributed by atoms with E-state index in [0.29, 0.717) is 5.56 Å². The molecule has 0 aliphatic heterocycles. The van der Waals surface area contributed by atoms with E-state index in [1.165, 1.54) is 24.3 Å². The summed E-state index contributed by atoms with van der Waals surface area (Å²) < 4.78 is 25.0. The maximum atomic E-state index is 11.5. The van der Waals surface area contributed by atoms with Crippen LogP contribution in [-0.2, 0) is 10.0 Å². The van der Waals surface area contributed by atoms with Gasteiger partial charge in [0.1, 0.15) is 0 Å². The zero-order valence-electron chi connectivity index (χ0n) is 8.16. The van der Waals surface area contributed by atoms with Crippen LogP contribution in [0.2, 0.25) is 0 Å². The normalized spacial score (nSPS) is 10.8. The summed E-state index contributed by atoms with van der Waals surface area (Å²) in [5.74, 6) is 0. The van der Waals surface area contributed by atoms with Crippen molar-refractivity contribution in [2.75, 3.05) is 6.44 Å². The molecular formula is C8H9BN2O4S. The molecule has 0 radical (unpaired) electrons. The molecule has 6 nitrogen and oxygen atoms in total. The lowest BCUT2D eigenvalue weighted by molar-refractivity contribution is 0.404. The van der Waals surface area contributed by atoms with Gasteiger partial charge in [0.2, 0.25) is 10.0 Å². The van der Waals surface area contributed by atoms with E-state index in [4.69, 9.17) is 15.3 Å². The molecule has 3 N–H and O–H groups in total. The SMILES string of the molecule is N#Cc1ccc(S(=O)(=O)NCB(O)O)cc1. The van der Waals surface area contributed by atoms with Crippen LogP contribution in [0, 0.1) is 11.3 Å². The Kier molecular flexibility index (Phi) is 4.03. The first-order valence-electron chi connectivity index (χ1n) is 4.31. The van der Waals surface area contributed by atoms with Crippen molar-refractivity contribution in [2.24, 2.45) is 0 Å². The van der Waals surface area contributed by atoms with E-state index in [1.54, 1.807) is 0 Å². The summed E-state index contributed by atoms with van der Waals surface area (Å²) >= 11 is 0. The van der Waals surface area contributed by atoms with Crippen LogP contribution in [0.3, 0.4) is 0 Å². The van der Waals surface area contributed by atoms with Gasteiger partial charge in [-0.05, 0) is 24.3 Å². The molecule has 0 aromatic heterocycles. The van der Waals surface area contributed by atoms with Crippen molar-refractivity contribution in [1.29, 1.82) is 5.26 Å². The molecule has 0 saturated heterocycles. The van der Waals surface area contributed by atoms with Gasteiger partial charge < -0.3 is 10.0 Å². The average Bonchev–Trinajstić information content (AvgIpc) is 2.27. The van der Waals surface area contributed by atoms with Gasteiger partial charge in [-0.25, -0.2) is 13.1 Å². The zero-order chi connectivity index (χ0) is 12.2. The smallest absolute Gasteiger partial charge is 0.426 e. The molecule has 0 heterocycles. The third kappa shape index (κ3) is 3.32. The highest BCUT2D eigenvalue weighted by Gasteiger charge is 2.16. The number of nitrogens with one attached hydrogen (secondary N) is 1. The zero-order valence-corrected chi connectivity index (χ0v) is 8.98. The topological polar surface area (TPSA) is 110 Å². The maximum Gasteiger partial charge on any atom is 0.467 e. The molecule has 0 saturated carbocycles. The van der Waals surface area contributed by atoms with Gasteiger partial charge in [0.05, 0.1) is 16.5 Å². The number of nitriles is 1. The Hall–Kier alpha value is -1.40. The number of hydrogen-bond donors (Lipinski definition) is 3. The molecular weight excluding hydrogens is 231 g/mol. The number of nitrogens with zero attached hydrogens (tertiary/aromatic N) is 1. The van der Waals surface area contributed by atoms with Gasteiger partial charge in [0.15, 0.2) is 0 Å². The van der Waals surface area contributed by atoms with Crippen molar-refractivity contribution in [2.45, 2.75) is 4.90 Å². The minimum atomic E-state index is -3.76. The molecule has 0 aliphatic carbocycles. The number of rotatable bonds is 4. The largest absolute Gasteiger partial charge is 0.467 e. The van der Waals surface area contributed by atoms with E-state index in [0.717, 1.165) is 0 Å². The molecule has 84 valence electrons. The van der Waals surface area contributed by atoms with Crippen LogP contribution < -0.4 is 4.72 Å². The highest BCUT2D eigenvalue weighted by molar-refractivity contribution is 7.89. The molecule has 1 aromatic rings. The fourth-order valence-electron chi connectivity index (χ4n) is 0.976. The van der Waals surface area contributed by atoms with Crippen molar-refractivity contribution in [1.82, 2.24) is 4.72 Å². The van der Waals surface area contributed by atoms with Crippen LogP contribution in [0.25, 0.3) is 0 Å². The second-order valence-electron chi connectivity index (χ2n) is 2.97. The van der Waals surface area contributed by atoms with Crippen molar-refractivity contribution in [3.63, 3.8) is 0 Å². The van der Waals surface area contributed by atoms with Crippen LogP contribution in [-0.4, -0.2) is 32.0 Å². The van der Waals surface area contributed by atoms with E-state index < -0.39 is 23.6 Å². The molecule has 0 amide bonds. The summed E-state index contributed by atoms with van der Waals surface area (Å²) in [5, 5.41) is 25.6. The van der Waals surface area contributed by atoms with Crippen LogP contribution in [0.1, 0.15) is 5.56 Å². The van der Waals surface area contributed by atoms with E-state index in [-0.39, 0.29) is 4.90 Å². The summed E-state index contributed by atoms with van der Waals surface area (Å²) in [6.45, 7) is 0. The Morgan fingerprint density at radius 2 is 1.88 bits per heavy atom. The molecule has 1 rings (SSSR count). The van der Waals surface area contributed by atoms with E-state index in [9.17, 15) is 8.42 Å². The van der Waals surface area contributed by atoms with Gasteiger partial charge in [-0.15, -0.1) is 0 Å². The Labute approximate surface area is 93.3 Å². The lowest BCUT2D eigenvalue weighted by Gasteiger charge is -2.05. The Balaban J connectivity index is 2.87. The highest BCUT2D eigenvalue weighted by atomic mass is 32.2. The summed E-state index contributed by atoms with van der Waals surface area (Å²) in [7, 11) is -5.50. The van der Waals surface area contributed by atoms with Crippen LogP contribution in [0.5, 0.6) is 0 Å². The first-order valence-corrected chi connectivity index (χ1v) is 5.80. The minimum absolute atomic E-state index is 0.0350. The van der Waals surface area contributed by atoms with Crippen molar-refractivity contribution < 1.29 is 18.5 Å². The van der Waals surface area contributed by atoms with Crippen LogP contribution in [0.15, 0.2) is 29.2 Å². The molecule has 0 spiro atoms. The van der Waals surface area contributed by atoms with Gasteiger partial charge in [-0.1, -0.05) is 0 Å². The third-order valence-corrected chi connectivity index (χ3v) is 3.19. The monoisotopic (exact) mass is 240 g/mol. The van der Waals surface area contributed by atoms with Crippen molar-refractivity contribution in [3.8, 4) is 6.07 Å². The third-order valence-electron chi connectivity index (χ3n) is 1.75. The second kappa shape index (κ2) is 5.09. The quantitative estimate of drug-likeness (QED) is 0.575. The van der Waals surface area contributed by atoms with Crippen molar-refractivity contribution in [3.05, 3.63) is 29.8 Å². The Morgan fingerprint density at radius 1 is 1.31 bits per heavy atom. The van der Waals surface area contributed by atoms with E-state index >= 15 is 0 Å². The molecule has 0 bridgehead atoms. The number of benzene rings is 1. The summed E-state index contributed by atoms with van der Waals surface area (Å²) in [6, 6.07) is 7.13. The second-order valence-corrected chi connectivity index (χ2v) is 4.74. The van der Waals surface area contributed by atoms with Crippen LogP contribution >= 0.6 is 0 Å². The van der Waals surface area contributed by atoms with Gasteiger partial charge in [0, 0.05) is 6.44 Å². The summed E-state index contributed by atoms with van der Waals surface area (Å²) in [5.41, 5.74) is 0.348. The standard InChI is InChI=1S/C8H9BN2O4S/c10-5-7-1-3-8(4-2-7)16(14,15)11-6-9(12)13/h1-4,11-13H,6H2. The predicted molar refractivity (Wildman–Crippen MR) is 56.5 cm³/mol. The van der Waals surface area contributed by atoms with Gasteiger partial charge in [-0.2, -0.15) is 5.26 Å². The molecule has 1 aromatic carbocycles. The summed E-state index contributed by atoms with van der Waals surface area (Å²) in [6.07, 6.45) is -0.484. The fraction of sp³-hybridized carbons (Fsp3) is 0.125. The Bertz CT molecular complexity index is 492. The van der Waals surface area contributed by atoms with Crippen LogP contribution in [0.4, 0.5) is 0 Å². The molecule has 0 unspecified atom stereocenters. The predicted octanol–water partition coefficient (Wildman–Crippen LogP) is -1.15. The molecule has 0 aliphatic rings. The van der Waals surface area contributed by atoms with Gasteiger partial charge in [0.25, 0.3) is 0 Å². The number of sulfonamides is 1. The Morgan fingerprint density at radius 3 is 2.31 bits per heavy atom. The molecule has 0 fully saturated rings. The summed E-state index contributed by atoms with van der Waals surface area (Å²) in [4.78, 5) is -0.0350. The van der Waals surface area contributed by atoms with Gasteiger partial charge >= 0.3 is 7.12 Å². The maximum absolute atomic E-state index is 11.5. The minimum Gasteiger partial charge on any atom is -0.426 e. The van der Waals surface area contributed by atoms with Gasteiger partial charge in [-0.3, -0.25) is 0 Å². The lowest BCUT2D eigenvalue weighted by Crippen LogP contribution is -2.34. The molecule has 8 heteroatoms. The van der Waals surface area contributed by atoms with E-state index in [1.807, 2.05) is 10.8 Å². The highest BCUT2D eigenvalue weighted by Crippen LogP contribution is 2.09. The van der Waals surface area contributed by atoms with E-state index in [2.05, 4.69) is 0 Å². The average molecular weight is 240 g/mol. The number of hydrogen-bond acceptors (Lipinski definition) is 5. The fourth-order valence-corrected chi connectivity index (χ4v) is 2.01. The molecule has 16 heavy (non-hydrogen) atoms.